The molecule has 3 aromatic heterocycles. The molecule has 1 atom stereocenters. The number of aromatic amines is 1. The number of alkyl halides is 3. The molecule has 4 N–H and O–H groups in total. The Morgan fingerprint density at radius 3 is 2.81 bits per heavy atom. The maximum absolute atomic E-state index is 12.9. The average molecular weight is 428 g/mol. The number of halogens is 3. The van der Waals surface area contributed by atoms with Gasteiger partial charge in [-0.3, -0.25) is 4.79 Å². The number of nitrogens with two attached hydrogens (primary N) is 1. The zero-order chi connectivity index (χ0) is 22.0. The fourth-order valence-corrected chi connectivity index (χ4v) is 3.39. The van der Waals surface area contributed by atoms with E-state index in [0.29, 0.717) is 17.0 Å². The Morgan fingerprint density at radius 2 is 2.03 bits per heavy atom. The summed E-state index contributed by atoms with van der Waals surface area (Å²) < 4.78 is 44.5. The smallest absolute Gasteiger partial charge is 0.416 e. The second kappa shape index (κ2) is 8.27. The zero-order valence-corrected chi connectivity index (χ0v) is 16.2. The molecular formula is C22H19F3N4O2. The van der Waals surface area contributed by atoms with Gasteiger partial charge < -0.3 is 20.5 Å². The van der Waals surface area contributed by atoms with Crippen LogP contribution in [0.15, 0.2) is 65.3 Å². The van der Waals surface area contributed by atoms with Gasteiger partial charge in [-0.1, -0.05) is 18.2 Å². The number of H-pyrrole nitrogens is 1. The first-order valence-electron chi connectivity index (χ1n) is 9.54. The second-order valence-corrected chi connectivity index (χ2v) is 7.07. The summed E-state index contributed by atoms with van der Waals surface area (Å²) in [4.78, 5) is 19.9. The van der Waals surface area contributed by atoms with E-state index in [0.717, 1.165) is 23.1 Å². The Bertz CT molecular complexity index is 1210. The van der Waals surface area contributed by atoms with Gasteiger partial charge in [-0.2, -0.15) is 13.2 Å². The van der Waals surface area contributed by atoms with E-state index >= 15 is 0 Å². The number of furan rings is 1. The van der Waals surface area contributed by atoms with Crippen LogP contribution >= 0.6 is 0 Å². The molecular weight excluding hydrogens is 409 g/mol. The molecule has 0 radical (unpaired) electrons. The summed E-state index contributed by atoms with van der Waals surface area (Å²) in [7, 11) is 0. The van der Waals surface area contributed by atoms with Crippen LogP contribution in [0.1, 0.15) is 21.7 Å². The maximum atomic E-state index is 12.9. The topological polar surface area (TPSA) is 96.9 Å². The lowest BCUT2D eigenvalue weighted by atomic mass is 10.0. The van der Waals surface area contributed by atoms with Gasteiger partial charge in [0.05, 0.1) is 5.56 Å². The summed E-state index contributed by atoms with van der Waals surface area (Å²) in [5.74, 6) is 0.0883. The van der Waals surface area contributed by atoms with Crippen LogP contribution in [0.25, 0.3) is 22.4 Å². The Morgan fingerprint density at radius 1 is 1.19 bits per heavy atom. The van der Waals surface area contributed by atoms with E-state index in [1.165, 1.54) is 6.07 Å². The molecule has 1 amide bonds. The summed E-state index contributed by atoms with van der Waals surface area (Å²) in [5, 5.41) is 3.58. The molecule has 0 aliphatic carbocycles. The number of benzene rings is 1. The zero-order valence-electron chi connectivity index (χ0n) is 16.2. The molecule has 6 nitrogen and oxygen atoms in total. The van der Waals surface area contributed by atoms with Crippen LogP contribution in [0, 0.1) is 0 Å². The van der Waals surface area contributed by atoms with Crippen molar-refractivity contribution in [3.63, 3.8) is 0 Å². The van der Waals surface area contributed by atoms with Crippen molar-refractivity contribution in [2.75, 3.05) is 6.54 Å². The first-order chi connectivity index (χ1) is 14.8. The van der Waals surface area contributed by atoms with E-state index in [-0.39, 0.29) is 18.7 Å². The number of nitrogens with one attached hydrogen (secondary N) is 2. The predicted octanol–water partition coefficient (Wildman–Crippen LogP) is 4.14. The van der Waals surface area contributed by atoms with Gasteiger partial charge in [0, 0.05) is 35.9 Å². The third-order valence-corrected chi connectivity index (χ3v) is 4.91. The van der Waals surface area contributed by atoms with Crippen molar-refractivity contribution >= 4 is 16.9 Å². The number of carbonyl (C=O) groups is 1. The van der Waals surface area contributed by atoms with E-state index in [9.17, 15) is 18.0 Å². The standard InChI is InChI=1S/C22H19F3N4O2/c23-22(24,25)14-3-1-2-13(10-14)11-15(12-26)29-21(30)19-5-4-18(31-19)16-6-8-27-20-17(16)7-9-28-20/h1-10,15H,11-12,26H2,(H,27,28)(H,29,30)/t15-/m0/s1. The number of rotatable bonds is 6. The molecule has 9 heteroatoms. The van der Waals surface area contributed by atoms with Crippen molar-refractivity contribution in [2.24, 2.45) is 5.73 Å². The first-order valence-corrected chi connectivity index (χ1v) is 9.54. The summed E-state index contributed by atoms with van der Waals surface area (Å²) in [5.41, 5.74) is 6.91. The Balaban J connectivity index is 1.48. The van der Waals surface area contributed by atoms with E-state index < -0.39 is 23.7 Å². The summed E-state index contributed by atoms with van der Waals surface area (Å²) >= 11 is 0. The lowest BCUT2D eigenvalue weighted by Gasteiger charge is -2.17. The molecule has 4 aromatic rings. The van der Waals surface area contributed by atoms with Crippen molar-refractivity contribution in [2.45, 2.75) is 18.6 Å². The lowest BCUT2D eigenvalue weighted by Crippen LogP contribution is -2.41. The van der Waals surface area contributed by atoms with E-state index in [1.54, 1.807) is 36.7 Å². The summed E-state index contributed by atoms with van der Waals surface area (Å²) in [6.45, 7) is 0.0594. The number of amides is 1. The van der Waals surface area contributed by atoms with Gasteiger partial charge in [0.2, 0.25) is 0 Å². The number of hydrogen-bond acceptors (Lipinski definition) is 4. The Labute approximate surface area is 175 Å². The summed E-state index contributed by atoms with van der Waals surface area (Å²) in [6, 6.07) is 11.3. The Hall–Kier alpha value is -3.59. The number of pyridine rings is 1. The fraction of sp³-hybridized carbons (Fsp3) is 0.182. The highest BCUT2D eigenvalue weighted by atomic mass is 19.4. The third kappa shape index (κ3) is 4.46. The predicted molar refractivity (Wildman–Crippen MR) is 109 cm³/mol. The van der Waals surface area contributed by atoms with Gasteiger partial charge in [0.1, 0.15) is 11.4 Å². The largest absolute Gasteiger partial charge is 0.451 e. The van der Waals surface area contributed by atoms with Gasteiger partial charge in [0.15, 0.2) is 5.76 Å². The molecule has 0 saturated carbocycles. The average Bonchev–Trinajstić information content (AvgIpc) is 3.42. The number of fused-ring (bicyclic) bond motifs is 1. The van der Waals surface area contributed by atoms with Crippen LogP contribution in [-0.2, 0) is 12.6 Å². The molecule has 0 unspecified atom stereocenters. The molecule has 0 aliphatic heterocycles. The van der Waals surface area contributed by atoms with Crippen LogP contribution in [0.5, 0.6) is 0 Å². The van der Waals surface area contributed by atoms with Gasteiger partial charge >= 0.3 is 6.18 Å². The van der Waals surface area contributed by atoms with Crippen molar-refractivity contribution in [3.8, 4) is 11.3 Å². The SMILES string of the molecule is NC[C@H](Cc1cccc(C(F)(F)F)c1)NC(=O)c1ccc(-c2ccnc3[nH]ccc23)o1. The highest BCUT2D eigenvalue weighted by Crippen LogP contribution is 2.30. The van der Waals surface area contributed by atoms with Gasteiger partial charge in [-0.25, -0.2) is 4.98 Å². The lowest BCUT2D eigenvalue weighted by molar-refractivity contribution is -0.137. The van der Waals surface area contributed by atoms with Crippen molar-refractivity contribution in [1.29, 1.82) is 0 Å². The van der Waals surface area contributed by atoms with Crippen LogP contribution in [0.3, 0.4) is 0 Å². The minimum Gasteiger partial charge on any atom is -0.451 e. The monoisotopic (exact) mass is 428 g/mol. The van der Waals surface area contributed by atoms with Crippen LogP contribution in [0.4, 0.5) is 13.2 Å². The first kappa shape index (κ1) is 20.7. The third-order valence-electron chi connectivity index (χ3n) is 4.91. The highest BCUT2D eigenvalue weighted by molar-refractivity contribution is 5.94. The number of nitrogens with zero attached hydrogens (tertiary/aromatic N) is 1. The maximum Gasteiger partial charge on any atom is 0.416 e. The molecule has 4 rings (SSSR count). The number of hydrogen-bond donors (Lipinski definition) is 3. The van der Waals surface area contributed by atoms with Crippen molar-refractivity contribution in [1.82, 2.24) is 15.3 Å². The van der Waals surface area contributed by atoms with E-state index in [4.69, 9.17) is 10.2 Å². The van der Waals surface area contributed by atoms with Gasteiger partial charge in [-0.15, -0.1) is 0 Å². The van der Waals surface area contributed by atoms with Gasteiger partial charge in [-0.05, 0) is 42.3 Å². The minimum absolute atomic E-state index is 0.0594. The quantitative estimate of drug-likeness (QED) is 0.430. The molecule has 160 valence electrons. The van der Waals surface area contributed by atoms with Crippen molar-refractivity contribution in [3.05, 3.63) is 77.8 Å². The Kier molecular flexibility index (Phi) is 5.51. The molecule has 1 aromatic carbocycles. The molecule has 0 fully saturated rings. The number of carbonyl (C=O) groups excluding carboxylic acids is 1. The molecule has 0 bridgehead atoms. The van der Waals surface area contributed by atoms with E-state index in [2.05, 4.69) is 15.3 Å². The fourth-order valence-electron chi connectivity index (χ4n) is 3.39. The molecule has 0 saturated heterocycles. The summed E-state index contributed by atoms with van der Waals surface area (Å²) in [6.07, 6.45) is -0.874. The normalized spacial score (nSPS) is 12.8. The number of aromatic nitrogens is 2. The van der Waals surface area contributed by atoms with Crippen molar-refractivity contribution < 1.29 is 22.4 Å². The van der Waals surface area contributed by atoms with Gasteiger partial charge in [0.25, 0.3) is 5.91 Å². The van der Waals surface area contributed by atoms with E-state index in [1.807, 2.05) is 6.07 Å². The minimum atomic E-state index is -4.43. The second-order valence-electron chi connectivity index (χ2n) is 7.07. The molecule has 0 spiro atoms. The van der Waals surface area contributed by atoms with Crippen LogP contribution in [-0.4, -0.2) is 28.5 Å². The highest BCUT2D eigenvalue weighted by Gasteiger charge is 2.30. The molecule has 0 aliphatic rings. The molecule has 3 heterocycles. The molecule has 31 heavy (non-hydrogen) atoms. The van der Waals surface area contributed by atoms with Crippen LogP contribution in [0.2, 0.25) is 0 Å². The van der Waals surface area contributed by atoms with Crippen LogP contribution < -0.4 is 11.1 Å².